The van der Waals surface area contributed by atoms with E-state index < -0.39 is 41.5 Å². The summed E-state index contributed by atoms with van der Waals surface area (Å²) in [5.74, 6) is -2.07. The summed E-state index contributed by atoms with van der Waals surface area (Å²) in [6.45, 7) is 0. The molecule has 20 heavy (non-hydrogen) atoms. The zero-order valence-electron chi connectivity index (χ0n) is 10.9. The van der Waals surface area contributed by atoms with Crippen LogP contribution in [-0.2, 0) is 4.74 Å². The van der Waals surface area contributed by atoms with Crippen molar-refractivity contribution in [3.8, 4) is 0 Å². The summed E-state index contributed by atoms with van der Waals surface area (Å²) in [6, 6.07) is 0. The summed E-state index contributed by atoms with van der Waals surface area (Å²) in [5, 5.41) is 0. The summed E-state index contributed by atoms with van der Waals surface area (Å²) in [7, 11) is 0. The van der Waals surface area contributed by atoms with Gasteiger partial charge in [-0.2, -0.15) is 8.78 Å². The van der Waals surface area contributed by atoms with Crippen molar-refractivity contribution in [3.63, 3.8) is 0 Å². The van der Waals surface area contributed by atoms with Crippen LogP contribution in [-0.4, -0.2) is 35.6 Å². The quantitative estimate of drug-likeness (QED) is 0.519. The molecule has 0 amide bonds. The Bertz CT molecular complexity index is 310. The molecule has 0 aromatic carbocycles. The second kappa shape index (κ2) is 6.46. The molecule has 118 valence electrons. The molecule has 0 heterocycles. The van der Waals surface area contributed by atoms with Gasteiger partial charge in [0, 0.05) is 4.83 Å². The van der Waals surface area contributed by atoms with Gasteiger partial charge in [0.2, 0.25) is 0 Å². The Morgan fingerprint density at radius 3 is 1.90 bits per heavy atom. The minimum absolute atomic E-state index is 0.152. The van der Waals surface area contributed by atoms with Crippen molar-refractivity contribution >= 4 is 15.9 Å². The van der Waals surface area contributed by atoms with E-state index in [0.717, 1.165) is 0 Å². The van der Waals surface area contributed by atoms with E-state index in [1.807, 2.05) is 0 Å². The molecule has 0 saturated heterocycles. The minimum Gasteiger partial charge on any atom is -0.317 e. The van der Waals surface area contributed by atoms with Crippen LogP contribution in [0.25, 0.3) is 0 Å². The van der Waals surface area contributed by atoms with Gasteiger partial charge in [0.05, 0.1) is 6.10 Å². The van der Waals surface area contributed by atoms with E-state index in [4.69, 9.17) is 0 Å². The first kappa shape index (κ1) is 16.5. The highest BCUT2D eigenvalue weighted by molar-refractivity contribution is 9.09. The van der Waals surface area contributed by atoms with Gasteiger partial charge in [-0.3, -0.25) is 0 Å². The van der Waals surface area contributed by atoms with Crippen LogP contribution >= 0.6 is 15.9 Å². The van der Waals surface area contributed by atoms with Crippen LogP contribution in [0.2, 0.25) is 0 Å². The number of ether oxygens (including phenoxy) is 1. The minimum atomic E-state index is -3.85. The number of rotatable bonds is 3. The number of halogens is 6. The van der Waals surface area contributed by atoms with Crippen molar-refractivity contribution in [2.24, 2.45) is 5.92 Å². The first-order chi connectivity index (χ1) is 9.29. The van der Waals surface area contributed by atoms with E-state index in [1.54, 1.807) is 0 Å². The SMILES string of the molecule is FC1CCC(OC(F)(F)C2C(F)CC(Br)CC2F)CC1. The molecule has 2 atom stereocenters. The smallest absolute Gasteiger partial charge is 0.317 e. The lowest BCUT2D eigenvalue weighted by Gasteiger charge is -2.38. The highest BCUT2D eigenvalue weighted by atomic mass is 79.9. The normalized spacial score (nSPS) is 43.5. The first-order valence-corrected chi connectivity index (χ1v) is 7.83. The third-order valence-electron chi connectivity index (χ3n) is 4.06. The number of hydrogen-bond acceptors (Lipinski definition) is 1. The molecule has 1 nitrogen and oxygen atoms in total. The van der Waals surface area contributed by atoms with Crippen LogP contribution in [0.4, 0.5) is 22.0 Å². The fourth-order valence-electron chi connectivity index (χ4n) is 2.97. The molecule has 2 saturated carbocycles. The van der Waals surface area contributed by atoms with Crippen molar-refractivity contribution < 1.29 is 26.7 Å². The largest absolute Gasteiger partial charge is 0.364 e. The molecule has 0 aromatic rings. The molecule has 0 N–H and O–H groups in total. The molecule has 2 fully saturated rings. The average Bonchev–Trinajstić information content (AvgIpc) is 2.30. The lowest BCUT2D eigenvalue weighted by Crippen LogP contribution is -2.49. The van der Waals surface area contributed by atoms with Crippen LogP contribution < -0.4 is 0 Å². The van der Waals surface area contributed by atoms with Gasteiger partial charge < -0.3 is 4.74 Å². The fourth-order valence-corrected chi connectivity index (χ4v) is 3.68. The summed E-state index contributed by atoms with van der Waals surface area (Å²) in [5.41, 5.74) is 0. The topological polar surface area (TPSA) is 9.23 Å². The average molecular weight is 365 g/mol. The molecule has 0 aromatic heterocycles. The molecule has 2 rings (SSSR count). The predicted molar refractivity (Wildman–Crippen MR) is 68.4 cm³/mol. The highest BCUT2D eigenvalue weighted by Crippen LogP contribution is 2.44. The summed E-state index contributed by atoms with van der Waals surface area (Å²) >= 11 is 3.06. The molecular formula is C13H18BrF5O. The first-order valence-electron chi connectivity index (χ1n) is 6.91. The second-order valence-electron chi connectivity index (χ2n) is 5.68. The van der Waals surface area contributed by atoms with Crippen molar-refractivity contribution in [2.75, 3.05) is 0 Å². The van der Waals surface area contributed by atoms with Crippen LogP contribution in [0.3, 0.4) is 0 Å². The van der Waals surface area contributed by atoms with Crippen LogP contribution in [0.15, 0.2) is 0 Å². The van der Waals surface area contributed by atoms with Crippen molar-refractivity contribution in [2.45, 2.75) is 74.1 Å². The third-order valence-corrected chi connectivity index (χ3v) is 4.80. The Balaban J connectivity index is 1.98. The number of alkyl halides is 6. The highest BCUT2D eigenvalue weighted by Gasteiger charge is 2.54. The maximum Gasteiger partial charge on any atom is 0.364 e. The molecule has 0 bridgehead atoms. The van der Waals surface area contributed by atoms with E-state index in [2.05, 4.69) is 20.7 Å². The van der Waals surface area contributed by atoms with Crippen LogP contribution in [0.5, 0.6) is 0 Å². The lowest BCUT2D eigenvalue weighted by atomic mass is 9.84. The van der Waals surface area contributed by atoms with E-state index in [1.165, 1.54) is 0 Å². The molecule has 2 aliphatic rings. The van der Waals surface area contributed by atoms with Gasteiger partial charge >= 0.3 is 6.11 Å². The third kappa shape index (κ3) is 3.84. The molecule has 7 heteroatoms. The van der Waals surface area contributed by atoms with Gasteiger partial charge in [0.25, 0.3) is 0 Å². The maximum atomic E-state index is 14.0. The van der Waals surface area contributed by atoms with Gasteiger partial charge in [-0.1, -0.05) is 15.9 Å². The predicted octanol–water partition coefficient (Wildman–Crippen LogP) is 4.73. The Morgan fingerprint density at radius 1 is 0.900 bits per heavy atom. The Kier molecular flexibility index (Phi) is 5.32. The van der Waals surface area contributed by atoms with Crippen molar-refractivity contribution in [1.29, 1.82) is 0 Å². The molecule has 0 radical (unpaired) electrons. The molecule has 2 aliphatic carbocycles. The van der Waals surface area contributed by atoms with Gasteiger partial charge in [-0.25, -0.2) is 13.2 Å². The van der Waals surface area contributed by atoms with Crippen LogP contribution in [0, 0.1) is 5.92 Å². The number of hydrogen-bond donors (Lipinski definition) is 0. The van der Waals surface area contributed by atoms with E-state index in [0.29, 0.717) is 0 Å². The lowest BCUT2D eigenvalue weighted by molar-refractivity contribution is -0.317. The summed E-state index contributed by atoms with van der Waals surface area (Å²) < 4.78 is 73.1. The molecule has 0 spiro atoms. The molecular weight excluding hydrogens is 347 g/mol. The van der Waals surface area contributed by atoms with Gasteiger partial charge in [0.15, 0.2) is 0 Å². The van der Waals surface area contributed by atoms with E-state index in [9.17, 15) is 22.0 Å². The molecule has 2 unspecified atom stereocenters. The zero-order chi connectivity index (χ0) is 14.9. The standard InChI is InChI=1S/C13H18BrF5O/c14-7-5-10(16)12(11(17)6-7)13(18,19)20-9-3-1-8(15)2-4-9/h7-12H,1-6H2. The van der Waals surface area contributed by atoms with E-state index >= 15 is 0 Å². The van der Waals surface area contributed by atoms with Gasteiger partial charge in [0.1, 0.15) is 24.4 Å². The second-order valence-corrected chi connectivity index (χ2v) is 6.98. The maximum absolute atomic E-state index is 14.0. The van der Waals surface area contributed by atoms with E-state index in [-0.39, 0.29) is 38.5 Å². The van der Waals surface area contributed by atoms with Crippen LogP contribution in [0.1, 0.15) is 38.5 Å². The Hall–Kier alpha value is 0.0900. The Morgan fingerprint density at radius 2 is 1.40 bits per heavy atom. The van der Waals surface area contributed by atoms with Crippen molar-refractivity contribution in [3.05, 3.63) is 0 Å². The molecule has 0 aliphatic heterocycles. The van der Waals surface area contributed by atoms with Gasteiger partial charge in [-0.15, -0.1) is 0 Å². The van der Waals surface area contributed by atoms with Crippen molar-refractivity contribution in [1.82, 2.24) is 0 Å². The van der Waals surface area contributed by atoms with Gasteiger partial charge in [-0.05, 0) is 38.5 Å². The Labute approximate surface area is 123 Å². The fraction of sp³-hybridized carbons (Fsp3) is 1.00. The summed E-state index contributed by atoms with van der Waals surface area (Å²) in [4.78, 5) is -0.429. The monoisotopic (exact) mass is 364 g/mol. The zero-order valence-corrected chi connectivity index (χ0v) is 12.5. The summed E-state index contributed by atoms with van der Waals surface area (Å²) in [6.07, 6.45) is -9.21.